The highest BCUT2D eigenvalue weighted by atomic mass is 16.1. The van der Waals surface area contributed by atoms with Crippen LogP contribution in [0, 0.1) is 0 Å². The van der Waals surface area contributed by atoms with Crippen LogP contribution in [0.5, 0.6) is 0 Å². The maximum atomic E-state index is 11.2. The molecular formula is C21H21N5O. The van der Waals surface area contributed by atoms with E-state index in [2.05, 4.69) is 56.7 Å². The molecule has 136 valence electrons. The number of aromatic nitrogens is 2. The minimum Gasteiger partial charge on any atom is -0.340 e. The van der Waals surface area contributed by atoms with E-state index >= 15 is 0 Å². The summed E-state index contributed by atoms with van der Waals surface area (Å²) < 4.78 is 0. The summed E-state index contributed by atoms with van der Waals surface area (Å²) in [7, 11) is 0. The van der Waals surface area contributed by atoms with Crippen molar-refractivity contribution < 1.29 is 4.79 Å². The molecule has 1 aliphatic rings. The lowest BCUT2D eigenvalue weighted by molar-refractivity contribution is -0.114. The summed E-state index contributed by atoms with van der Waals surface area (Å²) in [6, 6.07) is 18.2. The highest BCUT2D eigenvalue weighted by Crippen LogP contribution is 2.37. The first-order valence-electron chi connectivity index (χ1n) is 8.94. The van der Waals surface area contributed by atoms with Crippen LogP contribution in [-0.4, -0.2) is 21.9 Å². The molecule has 0 bridgehead atoms. The second-order valence-electron chi connectivity index (χ2n) is 6.70. The molecular weight excluding hydrogens is 338 g/mol. The van der Waals surface area contributed by atoms with Gasteiger partial charge < -0.3 is 15.5 Å². The molecule has 0 radical (unpaired) electrons. The van der Waals surface area contributed by atoms with E-state index in [1.807, 2.05) is 30.3 Å². The molecule has 0 saturated heterocycles. The Morgan fingerprint density at radius 1 is 1.07 bits per heavy atom. The lowest BCUT2D eigenvalue weighted by atomic mass is 10.1. The van der Waals surface area contributed by atoms with E-state index in [0.29, 0.717) is 11.9 Å². The average Bonchev–Trinajstić information content (AvgIpc) is 2.97. The number of nitrogens with one attached hydrogen (secondary N) is 2. The molecule has 1 aromatic heterocycles. The monoisotopic (exact) mass is 359 g/mol. The van der Waals surface area contributed by atoms with Gasteiger partial charge >= 0.3 is 0 Å². The quantitative estimate of drug-likeness (QED) is 0.728. The fourth-order valence-electron chi connectivity index (χ4n) is 3.49. The number of carbonyl (C=O) groups excluding carboxylic acids is 1. The molecule has 1 atom stereocenters. The number of hydrogen-bond acceptors (Lipinski definition) is 5. The topological polar surface area (TPSA) is 70.2 Å². The zero-order valence-corrected chi connectivity index (χ0v) is 15.3. The number of rotatable bonds is 4. The minimum atomic E-state index is -0.0989. The molecule has 0 spiro atoms. The number of amides is 1. The predicted molar refractivity (Wildman–Crippen MR) is 108 cm³/mol. The fourth-order valence-corrected chi connectivity index (χ4v) is 3.49. The number of anilines is 5. The normalized spacial score (nSPS) is 15.3. The first-order chi connectivity index (χ1) is 13.1. The molecule has 1 amide bonds. The SMILES string of the molecule is CC(=O)Nc1cccc(Nc2cc(N3c4ccccc4CC3C)ncn2)c1. The van der Waals surface area contributed by atoms with E-state index in [1.165, 1.54) is 18.2 Å². The molecule has 6 heteroatoms. The van der Waals surface area contributed by atoms with Gasteiger partial charge in [-0.2, -0.15) is 0 Å². The van der Waals surface area contributed by atoms with Gasteiger partial charge in [0.1, 0.15) is 18.0 Å². The van der Waals surface area contributed by atoms with Gasteiger partial charge in [-0.15, -0.1) is 0 Å². The highest BCUT2D eigenvalue weighted by Gasteiger charge is 2.27. The van der Waals surface area contributed by atoms with Gasteiger partial charge in [0.15, 0.2) is 0 Å². The number of para-hydroxylation sites is 1. The maximum absolute atomic E-state index is 11.2. The molecule has 2 aromatic carbocycles. The largest absolute Gasteiger partial charge is 0.340 e. The van der Waals surface area contributed by atoms with E-state index in [1.54, 1.807) is 6.33 Å². The van der Waals surface area contributed by atoms with Crippen LogP contribution in [0.15, 0.2) is 60.9 Å². The Balaban J connectivity index is 1.60. The number of nitrogens with zero attached hydrogens (tertiary/aromatic N) is 3. The van der Waals surface area contributed by atoms with Crippen molar-refractivity contribution in [3.8, 4) is 0 Å². The number of fused-ring (bicyclic) bond motifs is 1. The van der Waals surface area contributed by atoms with Crippen molar-refractivity contribution in [3.05, 3.63) is 66.5 Å². The summed E-state index contributed by atoms with van der Waals surface area (Å²) in [5.74, 6) is 1.47. The smallest absolute Gasteiger partial charge is 0.221 e. The molecule has 27 heavy (non-hydrogen) atoms. The Hall–Kier alpha value is -3.41. The lowest BCUT2D eigenvalue weighted by Crippen LogP contribution is -2.24. The summed E-state index contributed by atoms with van der Waals surface area (Å²) in [5.41, 5.74) is 4.12. The number of benzene rings is 2. The van der Waals surface area contributed by atoms with E-state index in [9.17, 15) is 4.79 Å². The van der Waals surface area contributed by atoms with Crippen LogP contribution in [0.1, 0.15) is 19.4 Å². The minimum absolute atomic E-state index is 0.0989. The average molecular weight is 359 g/mol. The van der Waals surface area contributed by atoms with Crippen molar-refractivity contribution in [2.75, 3.05) is 15.5 Å². The summed E-state index contributed by atoms with van der Waals surface area (Å²) in [4.78, 5) is 22.3. The standard InChI is InChI=1S/C21H21N5O/c1-14-10-16-6-3-4-9-19(16)26(14)21-12-20(22-13-23-21)25-18-8-5-7-17(11-18)24-15(2)27/h3-9,11-14H,10H2,1-2H3,(H,24,27)(H,22,23,25). The first-order valence-corrected chi connectivity index (χ1v) is 8.94. The van der Waals surface area contributed by atoms with Gasteiger partial charge in [-0.25, -0.2) is 9.97 Å². The summed E-state index contributed by atoms with van der Waals surface area (Å²) in [6.07, 6.45) is 2.57. The van der Waals surface area contributed by atoms with Crippen LogP contribution in [0.2, 0.25) is 0 Å². The summed E-state index contributed by atoms with van der Waals surface area (Å²) >= 11 is 0. The van der Waals surface area contributed by atoms with Gasteiger partial charge in [0, 0.05) is 36.1 Å². The van der Waals surface area contributed by atoms with Gasteiger partial charge in [0.25, 0.3) is 0 Å². The van der Waals surface area contributed by atoms with Gasteiger partial charge in [0.2, 0.25) is 5.91 Å². The van der Waals surface area contributed by atoms with Crippen molar-refractivity contribution in [1.82, 2.24) is 9.97 Å². The number of hydrogen-bond donors (Lipinski definition) is 2. The molecule has 1 unspecified atom stereocenters. The Morgan fingerprint density at radius 2 is 1.89 bits per heavy atom. The molecule has 3 aromatic rings. The Bertz CT molecular complexity index is 988. The third-order valence-electron chi connectivity index (χ3n) is 4.56. The molecule has 2 N–H and O–H groups in total. The van der Waals surface area contributed by atoms with Gasteiger partial charge in [-0.1, -0.05) is 24.3 Å². The van der Waals surface area contributed by atoms with Crippen LogP contribution in [-0.2, 0) is 11.2 Å². The van der Waals surface area contributed by atoms with Crippen LogP contribution < -0.4 is 15.5 Å². The third kappa shape index (κ3) is 3.60. The zero-order valence-electron chi connectivity index (χ0n) is 15.3. The molecule has 4 rings (SSSR count). The molecule has 0 fully saturated rings. The first kappa shape index (κ1) is 17.0. The molecule has 2 heterocycles. The highest BCUT2D eigenvalue weighted by molar-refractivity contribution is 5.89. The van der Waals surface area contributed by atoms with Crippen LogP contribution in [0.25, 0.3) is 0 Å². The second-order valence-corrected chi connectivity index (χ2v) is 6.70. The Labute approximate surface area is 158 Å². The van der Waals surface area contributed by atoms with Gasteiger partial charge in [-0.3, -0.25) is 4.79 Å². The zero-order chi connectivity index (χ0) is 18.8. The summed E-state index contributed by atoms with van der Waals surface area (Å²) in [5, 5.41) is 6.08. The van der Waals surface area contributed by atoms with Crippen LogP contribution in [0.3, 0.4) is 0 Å². The molecule has 6 nitrogen and oxygen atoms in total. The van der Waals surface area contributed by atoms with Crippen molar-refractivity contribution in [3.63, 3.8) is 0 Å². The molecule has 1 aliphatic heterocycles. The Kier molecular flexibility index (Phi) is 4.46. The van der Waals surface area contributed by atoms with Gasteiger partial charge in [-0.05, 0) is 43.2 Å². The van der Waals surface area contributed by atoms with Crippen LogP contribution in [0.4, 0.5) is 28.7 Å². The second kappa shape index (κ2) is 7.07. The summed E-state index contributed by atoms with van der Waals surface area (Å²) in [6.45, 7) is 3.69. The molecule has 0 saturated carbocycles. The van der Waals surface area contributed by atoms with E-state index in [0.717, 1.165) is 23.6 Å². The van der Waals surface area contributed by atoms with E-state index in [4.69, 9.17) is 0 Å². The van der Waals surface area contributed by atoms with Crippen LogP contribution >= 0.6 is 0 Å². The predicted octanol–water partition coefficient (Wildman–Crippen LogP) is 4.26. The molecule has 0 aliphatic carbocycles. The van der Waals surface area contributed by atoms with E-state index < -0.39 is 0 Å². The van der Waals surface area contributed by atoms with E-state index in [-0.39, 0.29) is 5.91 Å². The maximum Gasteiger partial charge on any atom is 0.221 e. The fraction of sp³-hybridized carbons (Fsp3) is 0.190. The van der Waals surface area contributed by atoms with Crippen molar-refractivity contribution >= 4 is 34.6 Å². The van der Waals surface area contributed by atoms with Crippen molar-refractivity contribution in [1.29, 1.82) is 0 Å². The van der Waals surface area contributed by atoms with Crippen molar-refractivity contribution in [2.45, 2.75) is 26.3 Å². The lowest BCUT2D eigenvalue weighted by Gasteiger charge is -2.24. The van der Waals surface area contributed by atoms with Gasteiger partial charge in [0.05, 0.1) is 0 Å². The Morgan fingerprint density at radius 3 is 2.74 bits per heavy atom. The number of carbonyl (C=O) groups is 1. The third-order valence-corrected chi connectivity index (χ3v) is 4.56. The van der Waals surface area contributed by atoms with Crippen molar-refractivity contribution in [2.24, 2.45) is 0 Å².